The summed E-state index contributed by atoms with van der Waals surface area (Å²) < 4.78 is 38.0. The molecule has 1 amide bonds. The van der Waals surface area contributed by atoms with Crippen LogP contribution in [0.25, 0.3) is 11.4 Å². The Labute approximate surface area is 172 Å². The SMILES string of the molecule is NC[C@H](NC(=O)c1ccc(-c2ccc(C(F)(F)F)cn2)[nH]1)c1ncc(C(O)CO)s1. The van der Waals surface area contributed by atoms with Crippen LogP contribution in [-0.4, -0.2) is 44.2 Å². The molecule has 0 saturated heterocycles. The van der Waals surface area contributed by atoms with Crippen molar-refractivity contribution < 1.29 is 28.2 Å². The number of pyridine rings is 1. The predicted octanol–water partition coefficient (Wildman–Crippen LogP) is 2.01. The molecule has 0 spiro atoms. The van der Waals surface area contributed by atoms with Gasteiger partial charge in [0.2, 0.25) is 0 Å². The number of hydrogen-bond acceptors (Lipinski definition) is 7. The van der Waals surface area contributed by atoms with Gasteiger partial charge in [0.15, 0.2) is 0 Å². The van der Waals surface area contributed by atoms with Crippen LogP contribution in [0.1, 0.15) is 38.1 Å². The second-order valence-electron chi connectivity index (χ2n) is 6.28. The lowest BCUT2D eigenvalue weighted by Crippen LogP contribution is -2.33. The zero-order chi connectivity index (χ0) is 21.9. The second-order valence-corrected chi connectivity index (χ2v) is 7.37. The lowest BCUT2D eigenvalue weighted by Gasteiger charge is -2.13. The fraction of sp³-hybridized carbons (Fsp3) is 0.278. The van der Waals surface area contributed by atoms with Crippen LogP contribution in [0.15, 0.2) is 36.7 Å². The van der Waals surface area contributed by atoms with Gasteiger partial charge in [-0.05, 0) is 24.3 Å². The molecule has 0 fully saturated rings. The summed E-state index contributed by atoms with van der Waals surface area (Å²) in [5.74, 6) is -0.497. The average molecular weight is 441 g/mol. The third kappa shape index (κ3) is 4.84. The number of aromatic nitrogens is 3. The van der Waals surface area contributed by atoms with E-state index in [0.29, 0.717) is 15.6 Å². The van der Waals surface area contributed by atoms with Crippen LogP contribution < -0.4 is 11.1 Å². The minimum atomic E-state index is -4.48. The number of alkyl halides is 3. The van der Waals surface area contributed by atoms with Crippen molar-refractivity contribution in [1.82, 2.24) is 20.3 Å². The number of aromatic amines is 1. The number of nitrogens with two attached hydrogens (primary N) is 1. The first-order valence-corrected chi connectivity index (χ1v) is 9.52. The van der Waals surface area contributed by atoms with E-state index in [1.807, 2.05) is 0 Å². The first-order valence-electron chi connectivity index (χ1n) is 8.71. The van der Waals surface area contributed by atoms with E-state index in [0.717, 1.165) is 23.6 Å². The molecular weight excluding hydrogens is 423 g/mol. The summed E-state index contributed by atoms with van der Waals surface area (Å²) in [6, 6.07) is 4.50. The van der Waals surface area contributed by atoms with Crippen molar-refractivity contribution in [2.75, 3.05) is 13.2 Å². The zero-order valence-electron chi connectivity index (χ0n) is 15.3. The summed E-state index contributed by atoms with van der Waals surface area (Å²) in [6.07, 6.45) is -3.42. The summed E-state index contributed by atoms with van der Waals surface area (Å²) >= 11 is 1.11. The minimum Gasteiger partial charge on any atom is -0.393 e. The maximum Gasteiger partial charge on any atom is 0.417 e. The molecule has 160 valence electrons. The number of H-pyrrole nitrogens is 1. The molecule has 3 aromatic heterocycles. The third-order valence-electron chi connectivity index (χ3n) is 4.18. The van der Waals surface area contributed by atoms with Crippen LogP contribution in [0.4, 0.5) is 13.2 Å². The van der Waals surface area contributed by atoms with E-state index in [4.69, 9.17) is 10.8 Å². The smallest absolute Gasteiger partial charge is 0.393 e. The van der Waals surface area contributed by atoms with Gasteiger partial charge in [0.1, 0.15) is 16.8 Å². The first kappa shape index (κ1) is 21.9. The van der Waals surface area contributed by atoms with Crippen LogP contribution in [-0.2, 0) is 6.18 Å². The zero-order valence-corrected chi connectivity index (χ0v) is 16.2. The van der Waals surface area contributed by atoms with Crippen LogP contribution in [0.2, 0.25) is 0 Å². The number of halogens is 3. The van der Waals surface area contributed by atoms with E-state index in [-0.39, 0.29) is 17.9 Å². The van der Waals surface area contributed by atoms with Gasteiger partial charge < -0.3 is 26.2 Å². The fourth-order valence-corrected chi connectivity index (χ4v) is 3.52. The Kier molecular flexibility index (Phi) is 6.51. The predicted molar refractivity (Wildman–Crippen MR) is 102 cm³/mol. The molecule has 0 saturated carbocycles. The van der Waals surface area contributed by atoms with Crippen molar-refractivity contribution in [3.63, 3.8) is 0 Å². The van der Waals surface area contributed by atoms with Gasteiger partial charge in [-0.2, -0.15) is 13.2 Å². The summed E-state index contributed by atoms with van der Waals surface area (Å²) in [5.41, 5.74) is 5.65. The summed E-state index contributed by atoms with van der Waals surface area (Å²) in [6.45, 7) is -0.410. The van der Waals surface area contributed by atoms with E-state index < -0.39 is 36.4 Å². The fourth-order valence-electron chi connectivity index (χ4n) is 2.56. The molecule has 0 bridgehead atoms. The minimum absolute atomic E-state index is 0.0436. The third-order valence-corrected chi connectivity index (χ3v) is 5.39. The van der Waals surface area contributed by atoms with Gasteiger partial charge in [-0.1, -0.05) is 0 Å². The number of nitrogens with one attached hydrogen (secondary N) is 2. The van der Waals surface area contributed by atoms with Crippen LogP contribution >= 0.6 is 11.3 Å². The van der Waals surface area contributed by atoms with E-state index in [1.165, 1.54) is 24.4 Å². The van der Waals surface area contributed by atoms with Crippen LogP contribution in [0, 0.1) is 0 Å². The van der Waals surface area contributed by atoms with Crippen molar-refractivity contribution in [2.24, 2.45) is 5.73 Å². The topological polar surface area (TPSA) is 137 Å². The second kappa shape index (κ2) is 8.92. The molecule has 0 aliphatic carbocycles. The summed E-state index contributed by atoms with van der Waals surface area (Å²) in [7, 11) is 0. The highest BCUT2D eigenvalue weighted by Crippen LogP contribution is 2.29. The van der Waals surface area contributed by atoms with E-state index >= 15 is 0 Å². The molecule has 2 atom stereocenters. The standard InChI is InChI=1S/C18H18F3N5O3S/c19-18(20,21)9-1-2-10(23-6-9)11-3-4-12(25-11)16(29)26-13(5-22)17-24-7-15(30-17)14(28)8-27/h1-4,6-7,13-14,25,27-28H,5,8,22H2,(H,26,29)/t13-,14?/m0/s1. The van der Waals surface area contributed by atoms with Crippen molar-refractivity contribution in [2.45, 2.75) is 18.3 Å². The Hall–Kier alpha value is -2.80. The molecule has 12 heteroatoms. The highest BCUT2D eigenvalue weighted by atomic mass is 32.1. The molecule has 30 heavy (non-hydrogen) atoms. The number of aliphatic hydroxyl groups excluding tert-OH is 2. The summed E-state index contributed by atoms with van der Waals surface area (Å²) in [4.78, 5) is 23.7. The van der Waals surface area contributed by atoms with Gasteiger partial charge in [-0.25, -0.2) is 4.98 Å². The molecule has 3 rings (SSSR count). The molecule has 3 heterocycles. The Morgan fingerprint density at radius 2 is 2.00 bits per heavy atom. The quantitative estimate of drug-likeness (QED) is 0.380. The molecular formula is C18H18F3N5O3S. The number of rotatable bonds is 7. The number of thiazole rings is 1. The molecule has 1 unspecified atom stereocenters. The van der Waals surface area contributed by atoms with Gasteiger partial charge in [-0.3, -0.25) is 9.78 Å². The van der Waals surface area contributed by atoms with Gasteiger partial charge in [0.05, 0.1) is 34.5 Å². The molecule has 3 aromatic rings. The van der Waals surface area contributed by atoms with Gasteiger partial charge >= 0.3 is 6.18 Å². The Morgan fingerprint density at radius 3 is 2.60 bits per heavy atom. The largest absolute Gasteiger partial charge is 0.417 e. The molecule has 0 radical (unpaired) electrons. The normalized spacial score (nSPS) is 13.8. The van der Waals surface area contributed by atoms with Crippen molar-refractivity contribution >= 4 is 17.2 Å². The average Bonchev–Trinajstić information content (AvgIpc) is 3.41. The maximum absolute atomic E-state index is 12.7. The number of nitrogens with zero attached hydrogens (tertiary/aromatic N) is 2. The number of hydrogen-bond donors (Lipinski definition) is 5. The van der Waals surface area contributed by atoms with E-state index in [1.54, 1.807) is 0 Å². The molecule has 0 aromatic carbocycles. The lowest BCUT2D eigenvalue weighted by atomic mass is 10.2. The number of amides is 1. The Balaban J connectivity index is 1.71. The highest BCUT2D eigenvalue weighted by Gasteiger charge is 2.30. The van der Waals surface area contributed by atoms with Crippen molar-refractivity contribution in [3.8, 4) is 11.4 Å². The number of carbonyl (C=O) groups excluding carboxylic acids is 1. The lowest BCUT2D eigenvalue weighted by molar-refractivity contribution is -0.137. The monoisotopic (exact) mass is 441 g/mol. The van der Waals surface area contributed by atoms with Crippen molar-refractivity contribution in [1.29, 1.82) is 0 Å². The van der Waals surface area contributed by atoms with Crippen LogP contribution in [0.5, 0.6) is 0 Å². The van der Waals surface area contributed by atoms with E-state index in [2.05, 4.69) is 20.3 Å². The van der Waals surface area contributed by atoms with Crippen molar-refractivity contribution in [3.05, 3.63) is 57.8 Å². The number of aliphatic hydroxyl groups is 2. The number of carbonyl (C=O) groups is 1. The summed E-state index contributed by atoms with van der Waals surface area (Å²) in [5, 5.41) is 21.8. The molecule has 0 aliphatic heterocycles. The van der Waals surface area contributed by atoms with Gasteiger partial charge in [0.25, 0.3) is 5.91 Å². The van der Waals surface area contributed by atoms with Crippen LogP contribution in [0.3, 0.4) is 0 Å². The molecule has 0 aliphatic rings. The van der Waals surface area contributed by atoms with Gasteiger partial charge in [0, 0.05) is 18.9 Å². The molecule has 6 N–H and O–H groups in total. The highest BCUT2D eigenvalue weighted by molar-refractivity contribution is 7.11. The van der Waals surface area contributed by atoms with Gasteiger partial charge in [-0.15, -0.1) is 11.3 Å². The maximum atomic E-state index is 12.7. The first-order chi connectivity index (χ1) is 14.2. The Bertz CT molecular complexity index is 1000. The van der Waals surface area contributed by atoms with E-state index in [9.17, 15) is 23.1 Å². The Morgan fingerprint density at radius 1 is 1.23 bits per heavy atom. The molecule has 8 nitrogen and oxygen atoms in total.